The number of anilines is 1. The molecule has 2 aliphatic rings. The van der Waals surface area contributed by atoms with E-state index < -0.39 is 0 Å². The fourth-order valence-corrected chi connectivity index (χ4v) is 5.62. The third-order valence-electron chi connectivity index (χ3n) is 6.90. The number of pyridine rings is 1. The molecule has 172 valence electrons. The molecule has 3 aromatic rings. The van der Waals surface area contributed by atoms with Crippen LogP contribution in [0.3, 0.4) is 0 Å². The van der Waals surface area contributed by atoms with Crippen LogP contribution in [0.4, 0.5) is 5.69 Å². The predicted molar refractivity (Wildman–Crippen MR) is 135 cm³/mol. The van der Waals surface area contributed by atoms with Gasteiger partial charge in [0, 0.05) is 60.1 Å². The molecule has 1 aromatic carbocycles. The van der Waals surface area contributed by atoms with Gasteiger partial charge in [-0.25, -0.2) is 0 Å². The third-order valence-corrected chi connectivity index (χ3v) is 7.76. The van der Waals surface area contributed by atoms with Gasteiger partial charge in [-0.15, -0.1) is 11.3 Å². The fourth-order valence-electron chi connectivity index (χ4n) is 4.92. The van der Waals surface area contributed by atoms with E-state index in [0.29, 0.717) is 24.6 Å². The van der Waals surface area contributed by atoms with Gasteiger partial charge >= 0.3 is 0 Å². The average Bonchev–Trinajstić information content (AvgIpc) is 3.51. The molecule has 2 fully saturated rings. The van der Waals surface area contributed by atoms with Crippen molar-refractivity contribution in [3.8, 4) is 0 Å². The summed E-state index contributed by atoms with van der Waals surface area (Å²) in [6, 6.07) is 12.3. The molecule has 0 bridgehead atoms. The average molecular weight is 462 g/mol. The predicted octanol–water partition coefficient (Wildman–Crippen LogP) is 4.72. The normalized spacial score (nSPS) is 16.3. The van der Waals surface area contributed by atoms with Crippen molar-refractivity contribution >= 4 is 22.9 Å². The van der Waals surface area contributed by atoms with Crippen molar-refractivity contribution in [2.75, 3.05) is 31.1 Å². The second kappa shape index (κ2) is 8.82. The number of hydrogen-bond donors (Lipinski definition) is 0. The Hall–Kier alpha value is -2.86. The van der Waals surface area contributed by atoms with Gasteiger partial charge < -0.3 is 14.4 Å². The van der Waals surface area contributed by atoms with Crippen molar-refractivity contribution in [1.29, 1.82) is 0 Å². The van der Waals surface area contributed by atoms with Gasteiger partial charge in [-0.3, -0.25) is 9.59 Å². The van der Waals surface area contributed by atoms with Gasteiger partial charge in [-0.05, 0) is 62.3 Å². The number of amides is 1. The smallest absolute Gasteiger partial charge is 0.259 e. The second-order valence-electron chi connectivity index (χ2n) is 9.42. The molecule has 5 rings (SSSR count). The lowest BCUT2D eigenvalue weighted by atomic mass is 10.0. The summed E-state index contributed by atoms with van der Waals surface area (Å²) in [4.78, 5) is 32.3. The number of benzene rings is 1. The summed E-state index contributed by atoms with van der Waals surface area (Å²) in [5, 5.41) is 2.07. The quantitative estimate of drug-likeness (QED) is 0.552. The lowest BCUT2D eigenvalue weighted by Crippen LogP contribution is -2.50. The molecular weight excluding hydrogens is 430 g/mol. The van der Waals surface area contributed by atoms with Crippen LogP contribution >= 0.6 is 11.3 Å². The molecule has 6 heteroatoms. The van der Waals surface area contributed by atoms with Crippen LogP contribution < -0.4 is 10.3 Å². The van der Waals surface area contributed by atoms with Gasteiger partial charge in [0.25, 0.3) is 5.91 Å². The highest BCUT2D eigenvalue weighted by molar-refractivity contribution is 7.09. The zero-order valence-corrected chi connectivity index (χ0v) is 20.5. The number of thiophene rings is 1. The standard InChI is InChI=1S/C27H31N3O2S/c1-18-6-7-19(2)23(15-18)28-10-12-29(13-11-28)27(32)25-24(31)16-20(3)30(26(25)21-8-9-21)17-22-5-4-14-33-22/h4-7,14-16,21H,8-13,17H2,1-3H3. The van der Waals surface area contributed by atoms with Gasteiger partial charge in [0.2, 0.25) is 0 Å². The number of aryl methyl sites for hydroxylation is 3. The number of rotatable bonds is 5. The molecule has 1 aliphatic heterocycles. The van der Waals surface area contributed by atoms with E-state index in [1.165, 1.54) is 21.7 Å². The van der Waals surface area contributed by atoms with Gasteiger partial charge in [0.05, 0.1) is 6.54 Å². The molecule has 1 aliphatic carbocycles. The van der Waals surface area contributed by atoms with Crippen molar-refractivity contribution in [2.45, 2.75) is 46.1 Å². The van der Waals surface area contributed by atoms with Crippen LogP contribution in [0.25, 0.3) is 0 Å². The summed E-state index contributed by atoms with van der Waals surface area (Å²) in [5.74, 6) is 0.218. The van der Waals surface area contributed by atoms with Crippen molar-refractivity contribution in [1.82, 2.24) is 9.47 Å². The maximum atomic E-state index is 13.7. The lowest BCUT2D eigenvalue weighted by Gasteiger charge is -2.37. The monoisotopic (exact) mass is 461 g/mol. The van der Waals surface area contributed by atoms with Crippen molar-refractivity contribution in [3.05, 3.63) is 85.0 Å². The first kappa shape index (κ1) is 22.0. The molecule has 0 spiro atoms. The zero-order valence-electron chi connectivity index (χ0n) is 19.6. The molecule has 5 nitrogen and oxygen atoms in total. The number of nitrogens with zero attached hydrogens (tertiary/aromatic N) is 3. The molecule has 1 amide bonds. The lowest BCUT2D eigenvalue weighted by molar-refractivity contribution is 0.0743. The number of aromatic nitrogens is 1. The first-order valence-corrected chi connectivity index (χ1v) is 12.7. The first-order valence-electron chi connectivity index (χ1n) is 11.8. The number of hydrogen-bond acceptors (Lipinski definition) is 4. The zero-order chi connectivity index (χ0) is 23.1. The number of carbonyl (C=O) groups is 1. The summed E-state index contributed by atoms with van der Waals surface area (Å²) < 4.78 is 2.21. The largest absolute Gasteiger partial charge is 0.368 e. The van der Waals surface area contributed by atoms with E-state index in [4.69, 9.17) is 0 Å². The Morgan fingerprint density at radius 3 is 2.45 bits per heavy atom. The topological polar surface area (TPSA) is 45.5 Å². The Morgan fingerprint density at radius 2 is 1.79 bits per heavy atom. The van der Waals surface area contributed by atoms with Gasteiger partial charge in [-0.1, -0.05) is 18.2 Å². The highest BCUT2D eigenvalue weighted by Crippen LogP contribution is 2.42. The Bertz CT molecular complexity index is 1230. The fraction of sp³-hybridized carbons (Fsp3) is 0.407. The maximum absolute atomic E-state index is 13.7. The number of piperazine rings is 1. The Balaban J connectivity index is 1.42. The van der Waals surface area contributed by atoms with Crippen LogP contribution in [-0.4, -0.2) is 41.6 Å². The van der Waals surface area contributed by atoms with Crippen LogP contribution in [0.1, 0.15) is 56.5 Å². The van der Waals surface area contributed by atoms with E-state index in [1.807, 2.05) is 11.8 Å². The summed E-state index contributed by atoms with van der Waals surface area (Å²) >= 11 is 1.71. The molecule has 33 heavy (non-hydrogen) atoms. The van der Waals surface area contributed by atoms with Crippen molar-refractivity contribution < 1.29 is 4.79 Å². The summed E-state index contributed by atoms with van der Waals surface area (Å²) in [7, 11) is 0. The van der Waals surface area contributed by atoms with E-state index in [0.717, 1.165) is 43.9 Å². The molecule has 0 N–H and O–H groups in total. The molecule has 2 aromatic heterocycles. The van der Waals surface area contributed by atoms with E-state index in [9.17, 15) is 9.59 Å². The SMILES string of the molecule is Cc1ccc(C)c(N2CCN(C(=O)c3c(C4CC4)n(Cc4cccs4)c(C)cc3=O)CC2)c1. The van der Waals surface area contributed by atoms with Gasteiger partial charge in [-0.2, -0.15) is 0 Å². The second-order valence-corrected chi connectivity index (χ2v) is 10.5. The van der Waals surface area contributed by atoms with E-state index >= 15 is 0 Å². The minimum atomic E-state index is -0.126. The molecule has 1 saturated heterocycles. The van der Waals surface area contributed by atoms with E-state index in [2.05, 4.69) is 59.0 Å². The maximum Gasteiger partial charge on any atom is 0.259 e. The molecule has 0 radical (unpaired) electrons. The van der Waals surface area contributed by atoms with Crippen LogP contribution in [0, 0.1) is 20.8 Å². The van der Waals surface area contributed by atoms with Crippen LogP contribution in [0.2, 0.25) is 0 Å². The van der Waals surface area contributed by atoms with E-state index in [-0.39, 0.29) is 11.3 Å². The molecule has 1 saturated carbocycles. The van der Waals surface area contributed by atoms with E-state index in [1.54, 1.807) is 17.4 Å². The summed E-state index contributed by atoms with van der Waals surface area (Å²) in [6.45, 7) is 9.78. The summed E-state index contributed by atoms with van der Waals surface area (Å²) in [6.07, 6.45) is 2.10. The Labute approximate surface area is 199 Å². The Kier molecular flexibility index (Phi) is 5.87. The van der Waals surface area contributed by atoms with Crippen molar-refractivity contribution in [2.24, 2.45) is 0 Å². The third kappa shape index (κ3) is 4.36. The minimum Gasteiger partial charge on any atom is -0.368 e. The molecule has 3 heterocycles. The molecule has 0 unspecified atom stereocenters. The van der Waals surface area contributed by atoms with Gasteiger partial charge in [0.1, 0.15) is 5.56 Å². The highest BCUT2D eigenvalue weighted by atomic mass is 32.1. The highest BCUT2D eigenvalue weighted by Gasteiger charge is 2.35. The van der Waals surface area contributed by atoms with Gasteiger partial charge in [0.15, 0.2) is 5.43 Å². The first-order chi connectivity index (χ1) is 15.9. The minimum absolute atomic E-state index is 0.0950. The molecule has 0 atom stereocenters. The van der Waals surface area contributed by atoms with Crippen LogP contribution in [-0.2, 0) is 6.54 Å². The van der Waals surface area contributed by atoms with Crippen molar-refractivity contribution in [3.63, 3.8) is 0 Å². The number of carbonyl (C=O) groups excluding carboxylic acids is 1. The van der Waals surface area contributed by atoms with Crippen LogP contribution in [0.15, 0.2) is 46.6 Å². The Morgan fingerprint density at radius 1 is 1.03 bits per heavy atom. The van der Waals surface area contributed by atoms with Crippen LogP contribution in [0.5, 0.6) is 0 Å². The summed E-state index contributed by atoms with van der Waals surface area (Å²) in [5.41, 5.74) is 5.91. The molecular formula is C27H31N3O2S.